The molecule has 7 heteroatoms. The molecule has 1 saturated carbocycles. The molecule has 2 fully saturated rings. The Hall–Kier alpha value is -2.28. The van der Waals surface area contributed by atoms with Crippen LogP contribution in [0.5, 0.6) is 0 Å². The first-order chi connectivity index (χ1) is 13.7. The number of carbonyl (C=O) groups is 2. The van der Waals surface area contributed by atoms with E-state index in [1.165, 1.54) is 23.3 Å². The second kappa shape index (κ2) is 8.39. The zero-order chi connectivity index (χ0) is 19.5. The van der Waals surface area contributed by atoms with Crippen LogP contribution < -0.4 is 10.2 Å². The van der Waals surface area contributed by atoms with Crippen molar-refractivity contribution >= 4 is 34.0 Å². The number of nitrogens with one attached hydrogen (secondary N) is 1. The lowest BCUT2D eigenvalue weighted by molar-refractivity contribution is -0.120. The number of carbonyl (C=O) groups excluding carboxylic acids is 2. The minimum atomic E-state index is 0.0234. The van der Waals surface area contributed by atoms with Gasteiger partial charge in [0.1, 0.15) is 5.01 Å². The van der Waals surface area contributed by atoms with Gasteiger partial charge in [-0.25, -0.2) is 0 Å². The Morgan fingerprint density at radius 3 is 2.79 bits per heavy atom. The van der Waals surface area contributed by atoms with E-state index in [1.807, 2.05) is 23.1 Å². The molecule has 4 rings (SSSR count). The molecule has 2 amide bonds. The number of para-hydroxylation sites is 1. The van der Waals surface area contributed by atoms with Crippen LogP contribution in [0.4, 0.5) is 10.8 Å². The van der Waals surface area contributed by atoms with Crippen molar-refractivity contribution in [1.82, 2.24) is 10.2 Å². The number of aromatic nitrogens is 2. The molecule has 1 aliphatic carbocycles. The maximum atomic E-state index is 12.6. The van der Waals surface area contributed by atoms with Crippen LogP contribution in [0.2, 0.25) is 0 Å². The highest BCUT2D eigenvalue weighted by molar-refractivity contribution is 7.15. The van der Waals surface area contributed by atoms with Gasteiger partial charge in [0, 0.05) is 30.5 Å². The van der Waals surface area contributed by atoms with Gasteiger partial charge in [-0.1, -0.05) is 55.7 Å². The molecule has 1 atom stereocenters. The third-order valence-electron chi connectivity index (χ3n) is 5.78. The van der Waals surface area contributed by atoms with Gasteiger partial charge in [-0.3, -0.25) is 9.59 Å². The Morgan fingerprint density at radius 2 is 2.00 bits per heavy atom. The summed E-state index contributed by atoms with van der Waals surface area (Å²) in [5.41, 5.74) is 2.17. The molecule has 1 aromatic carbocycles. The second-order valence-corrected chi connectivity index (χ2v) is 8.67. The molecule has 1 saturated heterocycles. The molecule has 1 unspecified atom stereocenters. The lowest BCUT2D eigenvalue weighted by Crippen LogP contribution is -2.25. The van der Waals surface area contributed by atoms with Crippen molar-refractivity contribution in [2.75, 3.05) is 16.8 Å². The molecule has 6 nitrogen and oxygen atoms in total. The van der Waals surface area contributed by atoms with E-state index in [0.29, 0.717) is 18.1 Å². The predicted octanol–water partition coefficient (Wildman–Crippen LogP) is 4.14. The lowest BCUT2D eigenvalue weighted by atomic mass is 9.89. The monoisotopic (exact) mass is 398 g/mol. The topological polar surface area (TPSA) is 75.2 Å². The Bertz CT molecular complexity index is 860. The lowest BCUT2D eigenvalue weighted by Gasteiger charge is -2.19. The van der Waals surface area contributed by atoms with Crippen LogP contribution >= 0.6 is 11.3 Å². The van der Waals surface area contributed by atoms with E-state index in [0.717, 1.165) is 42.8 Å². The number of nitrogens with zero attached hydrogens (tertiary/aromatic N) is 3. The fraction of sp³-hybridized carbons (Fsp3) is 0.524. The zero-order valence-corrected chi connectivity index (χ0v) is 17.0. The Labute approximate surface area is 169 Å². The van der Waals surface area contributed by atoms with E-state index in [1.54, 1.807) is 0 Å². The first-order valence-corrected chi connectivity index (χ1v) is 11.0. The predicted molar refractivity (Wildman–Crippen MR) is 111 cm³/mol. The van der Waals surface area contributed by atoms with Gasteiger partial charge in [-0.15, -0.1) is 10.2 Å². The van der Waals surface area contributed by atoms with E-state index in [9.17, 15) is 9.59 Å². The maximum Gasteiger partial charge on any atom is 0.229 e. The summed E-state index contributed by atoms with van der Waals surface area (Å²) < 4.78 is 0. The summed E-state index contributed by atoms with van der Waals surface area (Å²) in [6.45, 7) is 2.71. The van der Waals surface area contributed by atoms with E-state index >= 15 is 0 Å². The Balaban J connectivity index is 1.43. The van der Waals surface area contributed by atoms with Crippen molar-refractivity contribution in [1.29, 1.82) is 0 Å². The van der Waals surface area contributed by atoms with Crippen molar-refractivity contribution < 1.29 is 9.59 Å². The summed E-state index contributed by atoms with van der Waals surface area (Å²) in [6, 6.07) is 8.06. The Morgan fingerprint density at radius 1 is 1.21 bits per heavy atom. The van der Waals surface area contributed by atoms with Crippen molar-refractivity contribution in [2.24, 2.45) is 5.92 Å². The van der Waals surface area contributed by atoms with Crippen LogP contribution in [0.3, 0.4) is 0 Å². The van der Waals surface area contributed by atoms with E-state index in [4.69, 9.17) is 0 Å². The van der Waals surface area contributed by atoms with Crippen molar-refractivity contribution in [2.45, 2.75) is 57.8 Å². The Kier molecular flexibility index (Phi) is 5.71. The summed E-state index contributed by atoms with van der Waals surface area (Å²) in [5.74, 6) is 0.294. The molecule has 1 aliphatic heterocycles. The second-order valence-electron chi connectivity index (χ2n) is 7.66. The standard InChI is InChI=1S/C21H26N4O2S/c1-2-14-8-6-7-11-17(14)25-13-16(12-18(25)26)20-23-24-21(28-20)22-19(27)15-9-4-3-5-10-15/h6-8,11,15-16H,2-5,9-10,12-13H2,1H3,(H,22,24,27). The highest BCUT2D eigenvalue weighted by Gasteiger charge is 2.34. The molecule has 2 aliphatic rings. The third-order valence-corrected chi connectivity index (χ3v) is 6.79. The maximum absolute atomic E-state index is 12.6. The smallest absolute Gasteiger partial charge is 0.229 e. The van der Waals surface area contributed by atoms with Gasteiger partial charge in [-0.05, 0) is 30.9 Å². The van der Waals surface area contributed by atoms with E-state index < -0.39 is 0 Å². The first kappa shape index (κ1) is 19.1. The summed E-state index contributed by atoms with van der Waals surface area (Å²) in [5, 5.41) is 12.7. The molecule has 28 heavy (non-hydrogen) atoms. The molecular weight excluding hydrogens is 372 g/mol. The van der Waals surface area contributed by atoms with Gasteiger partial charge in [-0.2, -0.15) is 0 Å². The van der Waals surface area contributed by atoms with Crippen LogP contribution in [-0.4, -0.2) is 28.6 Å². The van der Waals surface area contributed by atoms with Crippen molar-refractivity contribution in [3.8, 4) is 0 Å². The zero-order valence-electron chi connectivity index (χ0n) is 16.2. The summed E-state index contributed by atoms with van der Waals surface area (Å²) >= 11 is 1.40. The first-order valence-electron chi connectivity index (χ1n) is 10.2. The fourth-order valence-corrected chi connectivity index (χ4v) is 5.04. The van der Waals surface area contributed by atoms with Crippen LogP contribution in [0.1, 0.15) is 61.9 Å². The third kappa shape index (κ3) is 3.94. The molecule has 0 radical (unpaired) electrons. The normalized spacial score (nSPS) is 20.5. The number of benzene rings is 1. The highest BCUT2D eigenvalue weighted by Crippen LogP contribution is 2.36. The number of amides is 2. The van der Waals surface area contributed by atoms with Gasteiger partial charge in [0.15, 0.2) is 0 Å². The summed E-state index contributed by atoms with van der Waals surface area (Å²) in [4.78, 5) is 26.9. The van der Waals surface area contributed by atoms with E-state index in [-0.39, 0.29) is 23.7 Å². The minimum absolute atomic E-state index is 0.0234. The number of hydrogen-bond donors (Lipinski definition) is 1. The van der Waals surface area contributed by atoms with Gasteiger partial charge < -0.3 is 10.2 Å². The van der Waals surface area contributed by atoms with Gasteiger partial charge in [0.2, 0.25) is 16.9 Å². The molecule has 0 spiro atoms. The van der Waals surface area contributed by atoms with Crippen LogP contribution in [0, 0.1) is 5.92 Å². The fourth-order valence-electron chi connectivity index (χ4n) is 4.20. The number of anilines is 2. The van der Waals surface area contributed by atoms with E-state index in [2.05, 4.69) is 28.5 Å². The van der Waals surface area contributed by atoms with Crippen molar-refractivity contribution in [3.05, 3.63) is 34.8 Å². The molecule has 2 aromatic rings. The number of aryl methyl sites for hydroxylation is 1. The van der Waals surface area contributed by atoms with Gasteiger partial charge >= 0.3 is 0 Å². The quantitative estimate of drug-likeness (QED) is 0.821. The summed E-state index contributed by atoms with van der Waals surface area (Å²) in [7, 11) is 0. The largest absolute Gasteiger partial charge is 0.311 e. The van der Waals surface area contributed by atoms with Crippen LogP contribution in [-0.2, 0) is 16.0 Å². The SMILES string of the molecule is CCc1ccccc1N1CC(c2nnc(NC(=O)C3CCCCC3)s2)CC1=O. The van der Waals surface area contributed by atoms with Gasteiger partial charge in [0.05, 0.1) is 0 Å². The summed E-state index contributed by atoms with van der Waals surface area (Å²) in [6.07, 6.45) is 6.71. The molecule has 148 valence electrons. The average Bonchev–Trinajstić information content (AvgIpc) is 3.35. The molecular formula is C21H26N4O2S. The molecule has 1 aromatic heterocycles. The van der Waals surface area contributed by atoms with Crippen molar-refractivity contribution in [3.63, 3.8) is 0 Å². The molecule has 1 N–H and O–H groups in total. The number of hydrogen-bond acceptors (Lipinski definition) is 5. The highest BCUT2D eigenvalue weighted by atomic mass is 32.1. The number of rotatable bonds is 5. The van der Waals surface area contributed by atoms with Crippen LogP contribution in [0.15, 0.2) is 24.3 Å². The van der Waals surface area contributed by atoms with Crippen LogP contribution in [0.25, 0.3) is 0 Å². The molecule has 0 bridgehead atoms. The average molecular weight is 399 g/mol. The minimum Gasteiger partial charge on any atom is -0.311 e. The molecule has 2 heterocycles. The van der Waals surface area contributed by atoms with Gasteiger partial charge in [0.25, 0.3) is 0 Å².